The lowest BCUT2D eigenvalue weighted by molar-refractivity contribution is 0.131. The zero-order valence-corrected chi connectivity index (χ0v) is 11.3. The number of aliphatic hydroxyl groups is 1. The van der Waals surface area contributed by atoms with Crippen LogP contribution in [0.15, 0.2) is 24.3 Å². The standard InChI is InChI=1S/C15H21N3O/c1-11-17-13-6-2-3-7-14(13)18(11)12-5-4-8-15(16,9-12)10-19/h2-3,6-7,12,19H,4-5,8-10,16H2,1H3. The van der Waals surface area contributed by atoms with Gasteiger partial charge < -0.3 is 15.4 Å². The first kappa shape index (κ1) is 12.6. The lowest BCUT2D eigenvalue weighted by atomic mass is 9.80. The highest BCUT2D eigenvalue weighted by Gasteiger charge is 2.34. The molecule has 3 rings (SSSR count). The second-order valence-corrected chi connectivity index (χ2v) is 5.79. The Morgan fingerprint density at radius 1 is 1.47 bits per heavy atom. The van der Waals surface area contributed by atoms with E-state index in [9.17, 15) is 5.11 Å². The number of fused-ring (bicyclic) bond motifs is 1. The van der Waals surface area contributed by atoms with Crippen LogP contribution >= 0.6 is 0 Å². The third-order valence-electron chi connectivity index (χ3n) is 4.31. The van der Waals surface area contributed by atoms with Crippen molar-refractivity contribution in [2.75, 3.05) is 6.61 Å². The van der Waals surface area contributed by atoms with E-state index in [0.29, 0.717) is 6.04 Å². The zero-order valence-electron chi connectivity index (χ0n) is 11.3. The van der Waals surface area contributed by atoms with E-state index in [4.69, 9.17) is 5.73 Å². The van der Waals surface area contributed by atoms with Crippen LogP contribution in [-0.2, 0) is 0 Å². The number of rotatable bonds is 2. The number of aryl methyl sites for hydroxylation is 1. The van der Waals surface area contributed by atoms with Crippen molar-refractivity contribution in [3.63, 3.8) is 0 Å². The molecule has 1 fully saturated rings. The van der Waals surface area contributed by atoms with E-state index >= 15 is 0 Å². The van der Waals surface area contributed by atoms with Gasteiger partial charge >= 0.3 is 0 Å². The number of nitrogens with zero attached hydrogens (tertiary/aromatic N) is 2. The Balaban J connectivity index is 2.02. The van der Waals surface area contributed by atoms with Crippen molar-refractivity contribution in [2.24, 2.45) is 5.73 Å². The van der Waals surface area contributed by atoms with Crippen molar-refractivity contribution < 1.29 is 5.11 Å². The van der Waals surface area contributed by atoms with Crippen LogP contribution in [0.5, 0.6) is 0 Å². The molecule has 2 aromatic rings. The van der Waals surface area contributed by atoms with Crippen LogP contribution in [0, 0.1) is 6.92 Å². The number of aliphatic hydroxyl groups excluding tert-OH is 1. The van der Waals surface area contributed by atoms with E-state index in [2.05, 4.69) is 15.6 Å². The predicted molar refractivity (Wildman–Crippen MR) is 76.0 cm³/mol. The van der Waals surface area contributed by atoms with Gasteiger partial charge in [-0.2, -0.15) is 0 Å². The summed E-state index contributed by atoms with van der Waals surface area (Å²) in [5.41, 5.74) is 8.05. The summed E-state index contributed by atoms with van der Waals surface area (Å²) >= 11 is 0. The maximum Gasteiger partial charge on any atom is 0.106 e. The molecule has 4 nitrogen and oxygen atoms in total. The quantitative estimate of drug-likeness (QED) is 0.868. The normalized spacial score (nSPS) is 27.8. The summed E-state index contributed by atoms with van der Waals surface area (Å²) in [5, 5.41) is 9.50. The molecular weight excluding hydrogens is 238 g/mol. The Bertz CT molecular complexity index is 592. The van der Waals surface area contributed by atoms with E-state index in [1.807, 2.05) is 25.1 Å². The molecule has 1 aliphatic rings. The summed E-state index contributed by atoms with van der Waals surface area (Å²) in [6, 6.07) is 8.56. The summed E-state index contributed by atoms with van der Waals surface area (Å²) in [6.07, 6.45) is 3.91. The second-order valence-electron chi connectivity index (χ2n) is 5.79. The van der Waals surface area contributed by atoms with Crippen LogP contribution in [0.1, 0.15) is 37.5 Å². The molecule has 1 aliphatic carbocycles. The highest BCUT2D eigenvalue weighted by atomic mass is 16.3. The molecule has 2 unspecified atom stereocenters. The number of nitrogens with two attached hydrogens (primary N) is 1. The third-order valence-corrected chi connectivity index (χ3v) is 4.31. The smallest absolute Gasteiger partial charge is 0.106 e. The average Bonchev–Trinajstić information content (AvgIpc) is 2.74. The van der Waals surface area contributed by atoms with Crippen LogP contribution in [0.4, 0.5) is 0 Å². The van der Waals surface area contributed by atoms with Crippen LogP contribution < -0.4 is 5.73 Å². The van der Waals surface area contributed by atoms with Gasteiger partial charge in [-0.1, -0.05) is 12.1 Å². The van der Waals surface area contributed by atoms with Crippen molar-refractivity contribution in [1.29, 1.82) is 0 Å². The molecule has 0 radical (unpaired) electrons. The maximum atomic E-state index is 9.50. The maximum absolute atomic E-state index is 9.50. The SMILES string of the molecule is Cc1nc2ccccc2n1C1CCCC(N)(CO)C1. The largest absolute Gasteiger partial charge is 0.394 e. The van der Waals surface area contributed by atoms with Crippen molar-refractivity contribution in [3.05, 3.63) is 30.1 Å². The molecule has 4 heteroatoms. The van der Waals surface area contributed by atoms with Gasteiger partial charge in [0, 0.05) is 11.6 Å². The zero-order chi connectivity index (χ0) is 13.5. The highest BCUT2D eigenvalue weighted by molar-refractivity contribution is 5.76. The second kappa shape index (κ2) is 4.62. The van der Waals surface area contributed by atoms with Crippen molar-refractivity contribution in [3.8, 4) is 0 Å². The van der Waals surface area contributed by atoms with E-state index < -0.39 is 5.54 Å². The molecule has 1 saturated carbocycles. The molecule has 102 valence electrons. The number of para-hydroxylation sites is 2. The Hall–Kier alpha value is -1.39. The minimum absolute atomic E-state index is 0.0647. The average molecular weight is 259 g/mol. The molecule has 0 aliphatic heterocycles. The Labute approximate surface area is 113 Å². The van der Waals surface area contributed by atoms with Crippen LogP contribution in [0.2, 0.25) is 0 Å². The van der Waals surface area contributed by atoms with Gasteiger partial charge in [-0.15, -0.1) is 0 Å². The van der Waals surface area contributed by atoms with Gasteiger partial charge in [0.15, 0.2) is 0 Å². The van der Waals surface area contributed by atoms with Gasteiger partial charge in [0.05, 0.1) is 17.6 Å². The number of hydrogen-bond acceptors (Lipinski definition) is 3. The van der Waals surface area contributed by atoms with E-state index in [1.165, 1.54) is 5.52 Å². The van der Waals surface area contributed by atoms with Gasteiger partial charge in [-0.25, -0.2) is 4.98 Å². The molecule has 0 spiro atoms. The van der Waals surface area contributed by atoms with Gasteiger partial charge in [0.2, 0.25) is 0 Å². The van der Waals surface area contributed by atoms with Crippen molar-refractivity contribution in [2.45, 2.75) is 44.2 Å². The highest BCUT2D eigenvalue weighted by Crippen LogP contribution is 2.36. The van der Waals surface area contributed by atoms with Gasteiger partial charge in [0.1, 0.15) is 5.82 Å². The fourth-order valence-electron chi connectivity index (χ4n) is 3.35. The third kappa shape index (κ3) is 2.15. The van der Waals surface area contributed by atoms with Gasteiger partial charge in [-0.3, -0.25) is 0 Å². The fourth-order valence-corrected chi connectivity index (χ4v) is 3.35. The van der Waals surface area contributed by atoms with Crippen molar-refractivity contribution in [1.82, 2.24) is 9.55 Å². The number of imidazole rings is 1. The van der Waals surface area contributed by atoms with E-state index in [0.717, 1.165) is 37.0 Å². The lowest BCUT2D eigenvalue weighted by Gasteiger charge is -2.37. The molecule has 3 N–H and O–H groups in total. The Morgan fingerprint density at radius 3 is 3.05 bits per heavy atom. The summed E-state index contributed by atoms with van der Waals surface area (Å²) in [7, 11) is 0. The molecule has 0 bridgehead atoms. The van der Waals surface area contributed by atoms with Gasteiger partial charge in [0.25, 0.3) is 0 Å². The molecule has 2 atom stereocenters. The first-order valence-electron chi connectivity index (χ1n) is 6.96. The summed E-state index contributed by atoms with van der Waals surface area (Å²) < 4.78 is 2.30. The summed E-state index contributed by atoms with van der Waals surface area (Å²) in [4.78, 5) is 4.62. The van der Waals surface area contributed by atoms with Crippen molar-refractivity contribution >= 4 is 11.0 Å². The fraction of sp³-hybridized carbons (Fsp3) is 0.533. The topological polar surface area (TPSA) is 64.1 Å². The molecule has 19 heavy (non-hydrogen) atoms. The molecule has 1 aromatic carbocycles. The summed E-state index contributed by atoms with van der Waals surface area (Å²) in [5.74, 6) is 1.04. The first-order valence-corrected chi connectivity index (χ1v) is 6.96. The van der Waals surface area contributed by atoms with Crippen LogP contribution in [0.3, 0.4) is 0 Å². The van der Waals surface area contributed by atoms with E-state index in [1.54, 1.807) is 0 Å². The Kier molecular flexibility index (Phi) is 3.07. The summed E-state index contributed by atoms with van der Waals surface area (Å²) in [6.45, 7) is 2.11. The molecule has 1 aromatic heterocycles. The lowest BCUT2D eigenvalue weighted by Crippen LogP contribution is -2.47. The van der Waals surface area contributed by atoms with Crippen LogP contribution in [0.25, 0.3) is 11.0 Å². The molecule has 0 amide bonds. The Morgan fingerprint density at radius 2 is 2.26 bits per heavy atom. The predicted octanol–water partition coefficient (Wildman–Crippen LogP) is 2.15. The first-order chi connectivity index (χ1) is 9.13. The molecule has 0 saturated heterocycles. The molecular formula is C15H21N3O. The number of hydrogen-bond donors (Lipinski definition) is 2. The number of benzene rings is 1. The minimum Gasteiger partial charge on any atom is -0.394 e. The number of aromatic nitrogens is 2. The monoisotopic (exact) mass is 259 g/mol. The minimum atomic E-state index is -0.430. The molecule has 1 heterocycles. The van der Waals surface area contributed by atoms with Gasteiger partial charge in [-0.05, 0) is 44.7 Å². The van der Waals surface area contributed by atoms with Crippen LogP contribution in [-0.4, -0.2) is 26.8 Å². The van der Waals surface area contributed by atoms with E-state index in [-0.39, 0.29) is 6.61 Å².